The second-order valence-electron chi connectivity index (χ2n) is 8.67. The molecule has 5 aromatic carbocycles. The maximum absolute atomic E-state index is 2.53. The molecule has 6 rings (SSSR count). The van der Waals surface area contributed by atoms with Crippen LogP contribution in [0, 0.1) is 0 Å². The molecule has 0 fully saturated rings. The summed E-state index contributed by atoms with van der Waals surface area (Å²) < 4.78 is 1.54. The zero-order valence-corrected chi connectivity index (χ0v) is 21.2. The van der Waals surface area contributed by atoms with Gasteiger partial charge in [-0.05, 0) is 0 Å². The van der Waals surface area contributed by atoms with E-state index < -0.39 is 6.04 Å². The topological polar surface area (TPSA) is 0 Å². The molecule has 0 aliphatic heterocycles. The molecule has 1 aliphatic rings. The molecule has 34 heavy (non-hydrogen) atoms. The summed E-state index contributed by atoms with van der Waals surface area (Å²) in [5.41, 5.74) is 5.81. The van der Waals surface area contributed by atoms with Crippen LogP contribution < -0.4 is 20.4 Å². The van der Waals surface area contributed by atoms with E-state index in [1.54, 1.807) is 0 Å². The van der Waals surface area contributed by atoms with Gasteiger partial charge in [-0.25, -0.2) is 0 Å². The molecule has 0 saturated carbocycles. The average Bonchev–Trinajstić information content (AvgIpc) is 3.30. The predicted molar refractivity (Wildman–Crippen MR) is 147 cm³/mol. The molecule has 0 nitrogen and oxygen atoms in total. The Balaban J connectivity index is 1.64. The molecule has 171 valence electrons. The van der Waals surface area contributed by atoms with Crippen LogP contribution in [0.25, 0.3) is 11.1 Å². The van der Waals surface area contributed by atoms with Gasteiger partial charge in [0.1, 0.15) is 0 Å². The molecule has 0 amide bonds. The first-order valence-corrected chi connectivity index (χ1v) is 16.4. The van der Waals surface area contributed by atoms with E-state index in [2.05, 4.69) is 139 Å². The van der Waals surface area contributed by atoms with Gasteiger partial charge < -0.3 is 0 Å². The van der Waals surface area contributed by atoms with Gasteiger partial charge in [0.25, 0.3) is 0 Å². The first-order chi connectivity index (χ1) is 16.8. The fraction of sp³-hybridized carbons (Fsp3) is 0.0625. The van der Waals surface area contributed by atoms with Crippen molar-refractivity contribution in [2.24, 2.45) is 0 Å². The van der Waals surface area contributed by atoms with Crippen LogP contribution in [-0.2, 0) is 19.4 Å². The third-order valence-corrected chi connectivity index (χ3v) is 18.7. The fourth-order valence-corrected chi connectivity index (χ4v) is 17.4. The summed E-state index contributed by atoms with van der Waals surface area (Å²) in [5.74, 6) is 2.53. The first-order valence-electron chi connectivity index (χ1n) is 11.6. The van der Waals surface area contributed by atoms with E-state index in [0.29, 0.717) is 0 Å². The number of fused-ring (bicyclic) bond motifs is 3. The Morgan fingerprint density at radius 3 is 1.53 bits per heavy atom. The fourth-order valence-electron chi connectivity index (χ4n) is 5.33. The minimum atomic E-state index is -2.37. The van der Waals surface area contributed by atoms with Crippen LogP contribution in [0.2, 0.25) is 5.89 Å². The Kier molecular flexibility index (Phi) is 5.70. The van der Waals surface area contributed by atoms with Gasteiger partial charge in [0, 0.05) is 0 Å². The molecule has 0 spiro atoms. The molecule has 1 aliphatic carbocycles. The Labute approximate surface area is 206 Å². The second kappa shape index (κ2) is 9.00. The number of benzene rings is 5. The van der Waals surface area contributed by atoms with Crippen LogP contribution in [0.15, 0.2) is 133 Å². The molecule has 0 bridgehead atoms. The summed E-state index contributed by atoms with van der Waals surface area (Å²) in [6.45, 7) is 0. The standard InChI is InChI=1S/C18H15P.C13H9.CH3.Ni/c1-4-10-16(11-5-1)19(17-12-6-2-7-13-17)18-14-8-3-9-15-18;1-3-7-12-10(5-1)9-11-6-2-4-8-13(11)12;;/h1-15H;1-5,7-8H,9H2;1H3;/q;;;-1/p+1. The van der Waals surface area contributed by atoms with Gasteiger partial charge in [0.2, 0.25) is 0 Å². The van der Waals surface area contributed by atoms with Crippen molar-refractivity contribution < 1.29 is 13.0 Å². The van der Waals surface area contributed by atoms with Gasteiger partial charge in [0.05, 0.1) is 0 Å². The van der Waals surface area contributed by atoms with Crippen LogP contribution in [0.4, 0.5) is 0 Å². The van der Waals surface area contributed by atoms with E-state index in [9.17, 15) is 0 Å². The van der Waals surface area contributed by atoms with Gasteiger partial charge in [0.15, 0.2) is 0 Å². The molecule has 0 unspecified atom stereocenters. The number of rotatable bonds is 5. The Morgan fingerprint density at radius 2 is 0.971 bits per heavy atom. The zero-order chi connectivity index (χ0) is 23.0. The van der Waals surface area contributed by atoms with Crippen LogP contribution in [0.3, 0.4) is 0 Å². The van der Waals surface area contributed by atoms with Crippen LogP contribution >= 0.6 is 6.04 Å². The first kappa shape index (κ1) is 21.5. The Hall–Kier alpha value is -2.98. The third-order valence-electron chi connectivity index (χ3n) is 6.84. The van der Waals surface area contributed by atoms with Crippen molar-refractivity contribution in [3.05, 3.63) is 145 Å². The summed E-state index contributed by atoms with van der Waals surface area (Å²) >= 11 is -0.203. The summed E-state index contributed by atoms with van der Waals surface area (Å²) in [5, 5.41) is 4.45. The van der Waals surface area contributed by atoms with Gasteiger partial charge >= 0.3 is 207 Å². The molecule has 5 aromatic rings. The summed E-state index contributed by atoms with van der Waals surface area (Å²) in [6, 6.07) is 47.5. The van der Waals surface area contributed by atoms with Crippen molar-refractivity contribution in [2.75, 3.05) is 0 Å². The maximum atomic E-state index is 2.53. The molecule has 0 saturated heterocycles. The minimum absolute atomic E-state index is 0.203. The van der Waals surface area contributed by atoms with E-state index >= 15 is 0 Å². The van der Waals surface area contributed by atoms with Gasteiger partial charge in [-0.1, -0.05) is 0 Å². The quantitative estimate of drug-likeness (QED) is 0.195. The van der Waals surface area contributed by atoms with Crippen LogP contribution in [-0.4, -0.2) is 0 Å². The molecule has 0 radical (unpaired) electrons. The van der Waals surface area contributed by atoms with Crippen molar-refractivity contribution in [3.8, 4) is 11.1 Å². The summed E-state index contributed by atoms with van der Waals surface area (Å²) in [6.07, 6.45) is 1.03. The zero-order valence-electron chi connectivity index (χ0n) is 19.2. The number of hydrogen-bond acceptors (Lipinski definition) is 0. The van der Waals surface area contributed by atoms with E-state index in [1.807, 2.05) is 0 Å². The Morgan fingerprint density at radius 1 is 0.500 bits per heavy atom. The van der Waals surface area contributed by atoms with E-state index in [1.165, 1.54) is 42.7 Å². The monoisotopic (exact) mass is 501 g/mol. The average molecular weight is 502 g/mol. The molecule has 0 atom stereocenters. The molecule has 0 heterocycles. The second-order valence-corrected chi connectivity index (χ2v) is 17.6. The van der Waals surface area contributed by atoms with Crippen LogP contribution in [0.5, 0.6) is 0 Å². The predicted octanol–water partition coefficient (Wildman–Crippen LogP) is 6.19. The van der Waals surface area contributed by atoms with Gasteiger partial charge in [-0.3, -0.25) is 0 Å². The molecule has 2 heteroatoms. The van der Waals surface area contributed by atoms with Crippen molar-refractivity contribution >= 4 is 26.5 Å². The SMILES string of the molecule is [CH3][Ni]([c]1cccc2c1Cc1ccccc1-2)[PH](c1ccccc1)(c1ccccc1)c1ccccc1. The van der Waals surface area contributed by atoms with Crippen molar-refractivity contribution in [1.82, 2.24) is 0 Å². The molecule has 0 aromatic heterocycles. The molecular weight excluding hydrogens is 474 g/mol. The molecule has 0 N–H and O–H groups in total. The van der Waals surface area contributed by atoms with Crippen molar-refractivity contribution in [1.29, 1.82) is 0 Å². The van der Waals surface area contributed by atoms with E-state index in [0.717, 1.165) is 6.42 Å². The van der Waals surface area contributed by atoms with Gasteiger partial charge in [-0.2, -0.15) is 0 Å². The third kappa shape index (κ3) is 3.39. The van der Waals surface area contributed by atoms with Crippen molar-refractivity contribution in [2.45, 2.75) is 12.3 Å². The molecular formula is C32H28NiP. The summed E-state index contributed by atoms with van der Waals surface area (Å²) in [7, 11) is 0. The van der Waals surface area contributed by atoms with E-state index in [-0.39, 0.29) is 13.0 Å². The summed E-state index contributed by atoms with van der Waals surface area (Å²) in [4.78, 5) is 0. The Bertz CT molecular complexity index is 1330. The van der Waals surface area contributed by atoms with Gasteiger partial charge in [-0.15, -0.1) is 0 Å². The van der Waals surface area contributed by atoms with Crippen LogP contribution in [0.1, 0.15) is 11.1 Å². The van der Waals surface area contributed by atoms with Crippen molar-refractivity contribution in [3.63, 3.8) is 0 Å². The van der Waals surface area contributed by atoms with E-state index in [4.69, 9.17) is 0 Å². The normalized spacial score (nSPS) is 13.1. The number of hydrogen-bond donors (Lipinski definition) is 0.